The summed E-state index contributed by atoms with van der Waals surface area (Å²) >= 11 is 0. The van der Waals surface area contributed by atoms with Crippen LogP contribution in [0, 0.1) is 0 Å². The molecule has 0 heterocycles. The van der Waals surface area contributed by atoms with Gasteiger partial charge in [0.15, 0.2) is 0 Å². The molecule has 0 aromatic heterocycles. The van der Waals surface area contributed by atoms with Gasteiger partial charge in [-0.2, -0.15) is 0 Å². The van der Waals surface area contributed by atoms with Crippen molar-refractivity contribution in [1.29, 1.82) is 0 Å². The second kappa shape index (κ2) is 4.45. The van der Waals surface area contributed by atoms with Gasteiger partial charge in [-0.3, -0.25) is 4.79 Å². The maximum absolute atomic E-state index is 11.6. The zero-order valence-electron chi connectivity index (χ0n) is 9.41. The normalized spacial score (nSPS) is 11.2. The Balaban J connectivity index is 3.09. The lowest BCUT2D eigenvalue weighted by Crippen LogP contribution is -2.30. The highest BCUT2D eigenvalue weighted by Gasteiger charge is 2.30. The van der Waals surface area contributed by atoms with Crippen LogP contribution in [0.25, 0.3) is 0 Å². The first-order valence-electron chi connectivity index (χ1n) is 4.90. The Morgan fingerprint density at radius 1 is 1.47 bits per heavy atom. The highest BCUT2D eigenvalue weighted by atomic mass is 16.5. The molecule has 82 valence electrons. The van der Waals surface area contributed by atoms with Crippen molar-refractivity contribution >= 4 is 5.97 Å². The molecule has 0 amide bonds. The number of hydrogen-bond donors (Lipinski definition) is 1. The first-order chi connectivity index (χ1) is 7.02. The van der Waals surface area contributed by atoms with Crippen LogP contribution in [-0.2, 0) is 21.5 Å². The van der Waals surface area contributed by atoms with Crippen LogP contribution in [0.4, 0.5) is 0 Å². The van der Waals surface area contributed by atoms with Crippen LogP contribution >= 0.6 is 0 Å². The number of benzene rings is 1. The molecule has 0 aliphatic carbocycles. The summed E-state index contributed by atoms with van der Waals surface area (Å²) in [5, 5.41) is 0. The summed E-state index contributed by atoms with van der Waals surface area (Å²) in [6.07, 6.45) is 0. The standard InChI is InChI=1S/C12H17NO2/c1-12(2,11(14)15-3)10-6-4-5-9(7-10)8-13/h4-7H,8,13H2,1-3H3. The number of rotatable bonds is 3. The highest BCUT2D eigenvalue weighted by molar-refractivity contribution is 5.82. The Labute approximate surface area is 90.2 Å². The van der Waals surface area contributed by atoms with E-state index in [1.807, 2.05) is 38.1 Å². The summed E-state index contributed by atoms with van der Waals surface area (Å²) < 4.78 is 4.77. The first kappa shape index (κ1) is 11.7. The van der Waals surface area contributed by atoms with Crippen molar-refractivity contribution in [2.24, 2.45) is 5.73 Å². The van der Waals surface area contributed by atoms with Gasteiger partial charge in [0, 0.05) is 6.54 Å². The predicted octanol–water partition coefficient (Wildman–Crippen LogP) is 1.60. The Morgan fingerprint density at radius 2 is 2.13 bits per heavy atom. The molecule has 0 atom stereocenters. The maximum Gasteiger partial charge on any atom is 0.315 e. The summed E-state index contributed by atoms with van der Waals surface area (Å²) in [7, 11) is 1.40. The molecular weight excluding hydrogens is 190 g/mol. The van der Waals surface area contributed by atoms with E-state index in [4.69, 9.17) is 10.5 Å². The van der Waals surface area contributed by atoms with Crippen LogP contribution in [0.15, 0.2) is 24.3 Å². The van der Waals surface area contributed by atoms with E-state index in [0.717, 1.165) is 11.1 Å². The lowest BCUT2D eigenvalue weighted by molar-refractivity contribution is -0.146. The van der Waals surface area contributed by atoms with Gasteiger partial charge in [0.2, 0.25) is 0 Å². The van der Waals surface area contributed by atoms with Crippen LogP contribution in [0.2, 0.25) is 0 Å². The van der Waals surface area contributed by atoms with Crippen molar-refractivity contribution in [2.75, 3.05) is 7.11 Å². The van der Waals surface area contributed by atoms with Gasteiger partial charge < -0.3 is 10.5 Å². The van der Waals surface area contributed by atoms with Crippen molar-refractivity contribution < 1.29 is 9.53 Å². The van der Waals surface area contributed by atoms with Crippen molar-refractivity contribution in [3.63, 3.8) is 0 Å². The predicted molar refractivity (Wildman–Crippen MR) is 59.4 cm³/mol. The van der Waals surface area contributed by atoms with Gasteiger partial charge in [0.1, 0.15) is 0 Å². The van der Waals surface area contributed by atoms with Gasteiger partial charge in [-0.25, -0.2) is 0 Å². The van der Waals surface area contributed by atoms with E-state index in [0.29, 0.717) is 6.54 Å². The fraction of sp³-hybridized carbons (Fsp3) is 0.417. The minimum absolute atomic E-state index is 0.239. The average Bonchev–Trinajstić information content (AvgIpc) is 2.27. The summed E-state index contributed by atoms with van der Waals surface area (Å²) in [4.78, 5) is 11.6. The third kappa shape index (κ3) is 2.36. The van der Waals surface area contributed by atoms with E-state index in [1.165, 1.54) is 7.11 Å². The second-order valence-electron chi connectivity index (χ2n) is 4.02. The van der Waals surface area contributed by atoms with E-state index in [9.17, 15) is 4.79 Å². The smallest absolute Gasteiger partial charge is 0.315 e. The number of carbonyl (C=O) groups excluding carboxylic acids is 1. The van der Waals surface area contributed by atoms with E-state index in [-0.39, 0.29) is 5.97 Å². The largest absolute Gasteiger partial charge is 0.468 e. The highest BCUT2D eigenvalue weighted by Crippen LogP contribution is 2.25. The lowest BCUT2D eigenvalue weighted by atomic mass is 9.84. The minimum Gasteiger partial charge on any atom is -0.468 e. The topological polar surface area (TPSA) is 52.3 Å². The number of esters is 1. The molecular formula is C12H17NO2. The van der Waals surface area contributed by atoms with Crippen LogP contribution in [-0.4, -0.2) is 13.1 Å². The second-order valence-corrected chi connectivity index (χ2v) is 4.02. The number of carbonyl (C=O) groups is 1. The van der Waals surface area contributed by atoms with E-state index < -0.39 is 5.41 Å². The molecule has 0 unspecified atom stereocenters. The van der Waals surface area contributed by atoms with E-state index >= 15 is 0 Å². The summed E-state index contributed by atoms with van der Waals surface area (Å²) in [5.74, 6) is -0.239. The van der Waals surface area contributed by atoms with Crippen molar-refractivity contribution in [2.45, 2.75) is 25.8 Å². The van der Waals surface area contributed by atoms with Crippen LogP contribution < -0.4 is 5.73 Å². The molecule has 1 aromatic carbocycles. The fourth-order valence-electron chi connectivity index (χ4n) is 1.46. The molecule has 0 radical (unpaired) electrons. The van der Waals surface area contributed by atoms with Gasteiger partial charge in [-0.15, -0.1) is 0 Å². The summed E-state index contributed by atoms with van der Waals surface area (Å²) in [6.45, 7) is 4.16. The Kier molecular flexibility index (Phi) is 3.48. The first-order valence-corrected chi connectivity index (χ1v) is 4.90. The molecule has 1 aromatic rings. The average molecular weight is 207 g/mol. The molecule has 0 saturated heterocycles. The zero-order chi connectivity index (χ0) is 11.5. The minimum atomic E-state index is -0.625. The van der Waals surface area contributed by atoms with Crippen LogP contribution in [0.5, 0.6) is 0 Å². The van der Waals surface area contributed by atoms with Crippen LogP contribution in [0.3, 0.4) is 0 Å². The van der Waals surface area contributed by atoms with Gasteiger partial charge in [0.25, 0.3) is 0 Å². The Bertz CT molecular complexity index is 358. The number of hydrogen-bond acceptors (Lipinski definition) is 3. The molecule has 0 fully saturated rings. The van der Waals surface area contributed by atoms with E-state index in [2.05, 4.69) is 0 Å². The Morgan fingerprint density at radius 3 is 2.67 bits per heavy atom. The SMILES string of the molecule is COC(=O)C(C)(C)c1cccc(CN)c1. The number of ether oxygens (including phenoxy) is 1. The van der Waals surface area contributed by atoms with Crippen LogP contribution in [0.1, 0.15) is 25.0 Å². The van der Waals surface area contributed by atoms with Gasteiger partial charge in [-0.05, 0) is 25.0 Å². The molecule has 0 saturated carbocycles. The number of methoxy groups -OCH3 is 1. The molecule has 15 heavy (non-hydrogen) atoms. The quantitative estimate of drug-likeness (QED) is 0.766. The van der Waals surface area contributed by atoms with Crippen molar-refractivity contribution in [1.82, 2.24) is 0 Å². The molecule has 0 bridgehead atoms. The monoisotopic (exact) mass is 207 g/mol. The van der Waals surface area contributed by atoms with Gasteiger partial charge in [0.05, 0.1) is 12.5 Å². The summed E-state index contributed by atoms with van der Waals surface area (Å²) in [5.41, 5.74) is 6.88. The van der Waals surface area contributed by atoms with Crippen molar-refractivity contribution in [3.8, 4) is 0 Å². The molecule has 0 aliphatic heterocycles. The third-order valence-corrected chi connectivity index (χ3v) is 2.58. The van der Waals surface area contributed by atoms with Gasteiger partial charge >= 0.3 is 5.97 Å². The molecule has 2 N–H and O–H groups in total. The fourth-order valence-corrected chi connectivity index (χ4v) is 1.46. The lowest BCUT2D eigenvalue weighted by Gasteiger charge is -2.22. The van der Waals surface area contributed by atoms with Crippen molar-refractivity contribution in [3.05, 3.63) is 35.4 Å². The third-order valence-electron chi connectivity index (χ3n) is 2.58. The Hall–Kier alpha value is -1.35. The number of nitrogens with two attached hydrogens (primary N) is 1. The van der Waals surface area contributed by atoms with E-state index in [1.54, 1.807) is 0 Å². The molecule has 3 heteroatoms. The zero-order valence-corrected chi connectivity index (χ0v) is 9.41. The molecule has 1 rings (SSSR count). The maximum atomic E-state index is 11.6. The summed E-state index contributed by atoms with van der Waals surface area (Å²) in [6, 6.07) is 7.70. The molecule has 0 aliphatic rings. The molecule has 3 nitrogen and oxygen atoms in total. The van der Waals surface area contributed by atoms with Gasteiger partial charge in [-0.1, -0.05) is 24.3 Å². The molecule has 0 spiro atoms.